The van der Waals surface area contributed by atoms with Crippen LogP contribution in [0.4, 0.5) is 0 Å². The number of aromatic nitrogens is 1. The molecular weight excluding hydrogens is 332 g/mol. The molecule has 0 saturated carbocycles. The molecule has 1 aromatic carbocycles. The number of rotatable bonds is 2. The van der Waals surface area contributed by atoms with E-state index < -0.39 is 5.97 Å². The highest BCUT2D eigenvalue weighted by molar-refractivity contribution is 6.45. The third kappa shape index (κ3) is 2.95. The Bertz CT molecular complexity index is 673. The third-order valence-electron chi connectivity index (χ3n) is 2.35. The lowest BCUT2D eigenvalue weighted by Crippen LogP contribution is -1.99. The second-order valence-electron chi connectivity index (χ2n) is 3.59. The first kappa shape index (κ1) is 14.4. The lowest BCUT2D eigenvalue weighted by atomic mass is 10.1. The molecule has 0 aliphatic carbocycles. The van der Waals surface area contributed by atoms with E-state index in [1.807, 2.05) is 0 Å². The van der Waals surface area contributed by atoms with Crippen LogP contribution in [0.3, 0.4) is 0 Å². The van der Waals surface area contributed by atoms with Gasteiger partial charge in [0, 0.05) is 10.6 Å². The van der Waals surface area contributed by atoms with Crippen LogP contribution in [0.25, 0.3) is 11.3 Å². The predicted octanol–water partition coefficient (Wildman–Crippen LogP) is 5.06. The van der Waals surface area contributed by atoms with Crippen LogP contribution in [-0.2, 0) is 0 Å². The van der Waals surface area contributed by atoms with E-state index in [2.05, 4.69) is 4.98 Å². The fraction of sp³-hybridized carbons (Fsp3) is 0. The van der Waals surface area contributed by atoms with Crippen LogP contribution in [0.5, 0.6) is 0 Å². The molecule has 0 spiro atoms. The molecule has 19 heavy (non-hydrogen) atoms. The number of carboxylic acids is 1. The van der Waals surface area contributed by atoms with Gasteiger partial charge in [0.2, 0.25) is 0 Å². The van der Waals surface area contributed by atoms with Gasteiger partial charge < -0.3 is 5.11 Å². The van der Waals surface area contributed by atoms with Crippen molar-refractivity contribution < 1.29 is 9.90 Å². The van der Waals surface area contributed by atoms with Crippen molar-refractivity contribution in [2.45, 2.75) is 0 Å². The van der Waals surface area contributed by atoms with Gasteiger partial charge in [-0.3, -0.25) is 0 Å². The molecule has 1 heterocycles. The average Bonchev–Trinajstić information content (AvgIpc) is 2.33. The summed E-state index contributed by atoms with van der Waals surface area (Å²) in [5, 5.41) is 9.70. The summed E-state index contributed by atoms with van der Waals surface area (Å²) in [5.74, 6) is -1.15. The minimum atomic E-state index is -1.15. The Balaban J connectivity index is 2.60. The lowest BCUT2D eigenvalue weighted by Gasteiger charge is -2.08. The Morgan fingerprint density at radius 3 is 2.37 bits per heavy atom. The maximum Gasteiger partial charge on any atom is 0.338 e. The minimum Gasteiger partial charge on any atom is -0.478 e. The van der Waals surface area contributed by atoms with E-state index >= 15 is 0 Å². The maximum absolute atomic E-state index is 10.9. The van der Waals surface area contributed by atoms with Crippen molar-refractivity contribution in [3.8, 4) is 11.3 Å². The zero-order chi connectivity index (χ0) is 14.2. The molecule has 7 heteroatoms. The molecule has 0 fully saturated rings. The SMILES string of the molecule is O=C(O)c1ccc(-c2cc(Cl)cc(Cl)c2Cl)nc1Cl. The molecule has 0 aliphatic heterocycles. The van der Waals surface area contributed by atoms with Crippen LogP contribution >= 0.6 is 46.4 Å². The molecule has 0 amide bonds. The number of pyridine rings is 1. The first-order chi connectivity index (χ1) is 8.90. The number of hydrogen-bond acceptors (Lipinski definition) is 2. The van der Waals surface area contributed by atoms with E-state index in [-0.39, 0.29) is 20.8 Å². The number of halogens is 4. The van der Waals surface area contributed by atoms with Crippen LogP contribution in [0.2, 0.25) is 20.2 Å². The number of aromatic carboxylic acids is 1. The number of carboxylic acid groups (broad SMARTS) is 1. The molecule has 0 aliphatic rings. The highest BCUT2D eigenvalue weighted by atomic mass is 35.5. The van der Waals surface area contributed by atoms with Gasteiger partial charge in [0.25, 0.3) is 0 Å². The van der Waals surface area contributed by atoms with Crippen molar-refractivity contribution in [2.75, 3.05) is 0 Å². The van der Waals surface area contributed by atoms with Crippen molar-refractivity contribution in [3.63, 3.8) is 0 Å². The van der Waals surface area contributed by atoms with Gasteiger partial charge >= 0.3 is 5.97 Å². The smallest absolute Gasteiger partial charge is 0.338 e. The number of nitrogens with zero attached hydrogens (tertiary/aromatic N) is 1. The Hall–Kier alpha value is -1.000. The summed E-state index contributed by atoms with van der Waals surface area (Å²) >= 11 is 23.7. The molecule has 2 aromatic rings. The summed E-state index contributed by atoms with van der Waals surface area (Å²) < 4.78 is 0. The van der Waals surface area contributed by atoms with Crippen LogP contribution in [0.1, 0.15) is 10.4 Å². The highest BCUT2D eigenvalue weighted by Gasteiger charge is 2.14. The molecule has 0 atom stereocenters. The summed E-state index contributed by atoms with van der Waals surface area (Å²) in [7, 11) is 0. The van der Waals surface area contributed by atoms with Crippen LogP contribution in [0.15, 0.2) is 24.3 Å². The molecule has 98 valence electrons. The van der Waals surface area contributed by atoms with Crippen molar-refractivity contribution in [2.24, 2.45) is 0 Å². The van der Waals surface area contributed by atoms with Gasteiger partial charge in [0.05, 0.1) is 21.3 Å². The Morgan fingerprint density at radius 1 is 1.11 bits per heavy atom. The van der Waals surface area contributed by atoms with Gasteiger partial charge in [-0.15, -0.1) is 0 Å². The Kier molecular flexibility index (Phi) is 4.21. The van der Waals surface area contributed by atoms with Crippen molar-refractivity contribution in [1.29, 1.82) is 0 Å². The molecule has 0 saturated heterocycles. The fourth-order valence-electron chi connectivity index (χ4n) is 1.49. The third-order valence-corrected chi connectivity index (χ3v) is 3.66. The second-order valence-corrected chi connectivity index (χ2v) is 5.17. The summed E-state index contributed by atoms with van der Waals surface area (Å²) in [6.07, 6.45) is 0. The summed E-state index contributed by atoms with van der Waals surface area (Å²) in [4.78, 5) is 14.8. The van der Waals surface area contributed by atoms with Gasteiger partial charge in [-0.25, -0.2) is 9.78 Å². The van der Waals surface area contributed by atoms with E-state index in [9.17, 15) is 4.79 Å². The van der Waals surface area contributed by atoms with Crippen LogP contribution in [-0.4, -0.2) is 16.1 Å². The van der Waals surface area contributed by atoms with Gasteiger partial charge in [-0.05, 0) is 24.3 Å². The van der Waals surface area contributed by atoms with Gasteiger partial charge in [0.15, 0.2) is 0 Å². The second kappa shape index (κ2) is 5.55. The number of carbonyl (C=O) groups is 1. The predicted molar refractivity (Wildman–Crippen MR) is 76.7 cm³/mol. The largest absolute Gasteiger partial charge is 0.478 e. The normalized spacial score (nSPS) is 10.5. The fourth-order valence-corrected chi connectivity index (χ4v) is 2.42. The average molecular weight is 337 g/mol. The summed E-state index contributed by atoms with van der Waals surface area (Å²) in [5.41, 5.74) is 0.789. The lowest BCUT2D eigenvalue weighted by molar-refractivity contribution is 0.0696. The molecule has 0 radical (unpaired) electrons. The van der Waals surface area contributed by atoms with Gasteiger partial charge in [0.1, 0.15) is 5.15 Å². The molecule has 0 bridgehead atoms. The summed E-state index contributed by atoms with van der Waals surface area (Å²) in [6.45, 7) is 0. The van der Waals surface area contributed by atoms with E-state index in [1.54, 1.807) is 6.07 Å². The van der Waals surface area contributed by atoms with E-state index in [0.717, 1.165) is 0 Å². The van der Waals surface area contributed by atoms with E-state index in [0.29, 0.717) is 16.3 Å². The van der Waals surface area contributed by atoms with Gasteiger partial charge in [-0.1, -0.05) is 46.4 Å². The molecule has 1 aromatic heterocycles. The number of hydrogen-bond donors (Lipinski definition) is 1. The summed E-state index contributed by atoms with van der Waals surface area (Å²) in [6, 6.07) is 5.92. The zero-order valence-corrected chi connectivity index (χ0v) is 12.1. The molecule has 0 unspecified atom stereocenters. The van der Waals surface area contributed by atoms with E-state index in [1.165, 1.54) is 18.2 Å². The zero-order valence-electron chi connectivity index (χ0n) is 9.12. The van der Waals surface area contributed by atoms with Crippen LogP contribution < -0.4 is 0 Å². The first-order valence-corrected chi connectivity index (χ1v) is 6.46. The van der Waals surface area contributed by atoms with Crippen molar-refractivity contribution in [1.82, 2.24) is 4.98 Å². The molecule has 2 rings (SSSR count). The Morgan fingerprint density at radius 2 is 1.79 bits per heavy atom. The van der Waals surface area contributed by atoms with Crippen molar-refractivity contribution in [3.05, 3.63) is 50.0 Å². The molecule has 1 N–H and O–H groups in total. The monoisotopic (exact) mass is 335 g/mol. The molecular formula is C12H5Cl4NO2. The highest BCUT2D eigenvalue weighted by Crippen LogP contribution is 2.36. The Labute approximate surface area is 128 Å². The number of benzene rings is 1. The topological polar surface area (TPSA) is 50.2 Å². The molecule has 3 nitrogen and oxygen atoms in total. The minimum absolute atomic E-state index is 0.0883. The first-order valence-electron chi connectivity index (χ1n) is 4.95. The van der Waals surface area contributed by atoms with Gasteiger partial charge in [-0.2, -0.15) is 0 Å². The standard InChI is InChI=1S/C12H5Cl4NO2/c13-5-3-7(10(15)8(14)4-5)9-2-1-6(12(18)19)11(16)17-9/h1-4H,(H,18,19). The maximum atomic E-state index is 10.9. The quantitative estimate of drug-likeness (QED) is 0.616. The van der Waals surface area contributed by atoms with Crippen molar-refractivity contribution >= 4 is 52.4 Å². The van der Waals surface area contributed by atoms with Crippen LogP contribution in [0, 0.1) is 0 Å². The van der Waals surface area contributed by atoms with E-state index in [4.69, 9.17) is 51.5 Å².